The van der Waals surface area contributed by atoms with Gasteiger partial charge in [0, 0.05) is 18.0 Å². The molecule has 0 unspecified atom stereocenters. The molecule has 1 aliphatic heterocycles. The molecule has 2 N–H and O–H groups in total. The minimum atomic E-state index is 0.517. The summed E-state index contributed by atoms with van der Waals surface area (Å²) in [5, 5.41) is 7.78. The van der Waals surface area contributed by atoms with E-state index in [-0.39, 0.29) is 0 Å². The fraction of sp³-hybridized carbons (Fsp3) is 0.562. The molecule has 0 aromatic heterocycles. The Bertz CT molecular complexity index is 454. The zero-order valence-corrected chi connectivity index (χ0v) is 12.8. The first-order valence-electron chi connectivity index (χ1n) is 7.53. The molecule has 0 bridgehead atoms. The van der Waals surface area contributed by atoms with Crippen molar-refractivity contribution in [2.45, 2.75) is 37.3 Å². The van der Waals surface area contributed by atoms with Crippen LogP contribution in [0.3, 0.4) is 0 Å². The molecule has 0 radical (unpaired) electrons. The Morgan fingerprint density at radius 3 is 2.55 bits per heavy atom. The Labute approximate surface area is 126 Å². The number of hydrogen-bond donors (Lipinski definition) is 2. The highest BCUT2D eigenvalue weighted by molar-refractivity contribution is 7.80. The zero-order valence-electron chi connectivity index (χ0n) is 12.0. The van der Waals surface area contributed by atoms with Crippen molar-refractivity contribution < 1.29 is 0 Å². The number of nitrogens with zero attached hydrogens (tertiary/aromatic N) is 1. The van der Waals surface area contributed by atoms with Gasteiger partial charge in [-0.1, -0.05) is 30.3 Å². The van der Waals surface area contributed by atoms with Crippen LogP contribution in [0.15, 0.2) is 30.3 Å². The first-order chi connectivity index (χ1) is 9.72. The Kier molecular flexibility index (Phi) is 4.22. The number of rotatable bonds is 3. The summed E-state index contributed by atoms with van der Waals surface area (Å²) in [4.78, 5) is 2.38. The lowest BCUT2D eigenvalue weighted by atomic mass is 10.1. The van der Waals surface area contributed by atoms with Crippen LogP contribution in [0.5, 0.6) is 0 Å². The molecular weight excluding hydrogens is 266 g/mol. The molecule has 2 aliphatic rings. The maximum atomic E-state index is 5.45. The van der Waals surface area contributed by atoms with Crippen molar-refractivity contribution in [3.05, 3.63) is 35.9 Å². The molecule has 1 aliphatic carbocycles. The largest absolute Gasteiger partial charge is 0.360 e. The predicted molar refractivity (Wildman–Crippen MR) is 87.0 cm³/mol. The topological polar surface area (TPSA) is 27.3 Å². The van der Waals surface area contributed by atoms with Gasteiger partial charge in [-0.2, -0.15) is 0 Å². The van der Waals surface area contributed by atoms with Gasteiger partial charge in [0.15, 0.2) is 5.11 Å². The molecule has 1 saturated heterocycles. The number of piperidine rings is 1. The van der Waals surface area contributed by atoms with E-state index in [1.807, 2.05) is 0 Å². The molecule has 3 rings (SSSR count). The lowest BCUT2D eigenvalue weighted by molar-refractivity contribution is 0.246. The Morgan fingerprint density at radius 1 is 1.15 bits per heavy atom. The molecule has 20 heavy (non-hydrogen) atoms. The van der Waals surface area contributed by atoms with E-state index in [2.05, 4.69) is 52.9 Å². The maximum Gasteiger partial charge on any atom is 0.166 e. The second-order valence-electron chi connectivity index (χ2n) is 6.05. The molecule has 1 saturated carbocycles. The predicted octanol–water partition coefficient (Wildman–Crippen LogP) is 2.10. The summed E-state index contributed by atoms with van der Waals surface area (Å²) >= 11 is 5.45. The summed E-state index contributed by atoms with van der Waals surface area (Å²) in [6.07, 6.45) is 3.56. The fourth-order valence-corrected chi connectivity index (χ4v) is 3.29. The summed E-state index contributed by atoms with van der Waals surface area (Å²) in [5.74, 6) is 0.633. The van der Waals surface area contributed by atoms with E-state index >= 15 is 0 Å². The molecule has 0 spiro atoms. The van der Waals surface area contributed by atoms with Crippen molar-refractivity contribution >= 4 is 17.3 Å². The number of thiocarbonyl (C=S) groups is 1. The van der Waals surface area contributed by atoms with Gasteiger partial charge in [-0.25, -0.2) is 0 Å². The van der Waals surface area contributed by atoms with Crippen molar-refractivity contribution in [3.63, 3.8) is 0 Å². The molecule has 108 valence electrons. The van der Waals surface area contributed by atoms with Crippen LogP contribution in [0.2, 0.25) is 0 Å². The Hall–Kier alpha value is -1.13. The molecule has 4 heteroatoms. The van der Waals surface area contributed by atoms with Crippen molar-refractivity contribution in [1.82, 2.24) is 15.5 Å². The van der Waals surface area contributed by atoms with Gasteiger partial charge in [0.25, 0.3) is 0 Å². The van der Waals surface area contributed by atoms with Gasteiger partial charge in [0.2, 0.25) is 0 Å². The minimum Gasteiger partial charge on any atom is -0.360 e. The van der Waals surface area contributed by atoms with Crippen LogP contribution >= 0.6 is 12.2 Å². The van der Waals surface area contributed by atoms with Crippen LogP contribution in [-0.2, 0) is 0 Å². The van der Waals surface area contributed by atoms with Crippen LogP contribution in [0.4, 0.5) is 0 Å². The monoisotopic (exact) mass is 289 g/mol. The zero-order chi connectivity index (χ0) is 13.9. The number of nitrogens with one attached hydrogen (secondary N) is 2. The van der Waals surface area contributed by atoms with Gasteiger partial charge in [0.05, 0.1) is 0 Å². The van der Waals surface area contributed by atoms with Gasteiger partial charge in [-0.15, -0.1) is 0 Å². The molecule has 0 amide bonds. The van der Waals surface area contributed by atoms with Crippen molar-refractivity contribution in [3.8, 4) is 0 Å². The normalized spacial score (nSPS) is 27.1. The van der Waals surface area contributed by atoms with Gasteiger partial charge >= 0.3 is 0 Å². The third kappa shape index (κ3) is 3.49. The van der Waals surface area contributed by atoms with E-state index < -0.39 is 0 Å². The van der Waals surface area contributed by atoms with Crippen molar-refractivity contribution in [2.24, 2.45) is 0 Å². The highest BCUT2D eigenvalue weighted by Crippen LogP contribution is 2.40. The van der Waals surface area contributed by atoms with E-state index in [9.17, 15) is 0 Å². The molecule has 1 heterocycles. The van der Waals surface area contributed by atoms with E-state index in [0.717, 1.165) is 18.2 Å². The Balaban J connectivity index is 1.42. The maximum absolute atomic E-state index is 5.45. The lowest BCUT2D eigenvalue weighted by Gasteiger charge is -2.30. The van der Waals surface area contributed by atoms with E-state index in [0.29, 0.717) is 18.0 Å². The van der Waals surface area contributed by atoms with E-state index in [1.165, 1.54) is 24.8 Å². The van der Waals surface area contributed by atoms with Crippen LogP contribution < -0.4 is 10.6 Å². The lowest BCUT2D eigenvalue weighted by Crippen LogP contribution is -2.47. The molecule has 1 aromatic carbocycles. The third-order valence-corrected chi connectivity index (χ3v) is 4.62. The number of likely N-dealkylation sites (tertiary alicyclic amines) is 1. The highest BCUT2D eigenvalue weighted by Gasteiger charge is 2.38. The second-order valence-corrected chi connectivity index (χ2v) is 6.46. The summed E-state index contributed by atoms with van der Waals surface area (Å²) in [5.41, 5.74) is 1.42. The summed E-state index contributed by atoms with van der Waals surface area (Å²) in [6, 6.07) is 11.8. The van der Waals surface area contributed by atoms with Crippen LogP contribution in [0.25, 0.3) is 0 Å². The average Bonchev–Trinajstić information content (AvgIpc) is 3.21. The fourth-order valence-electron chi connectivity index (χ4n) is 2.97. The first kappa shape index (κ1) is 13.8. The van der Waals surface area contributed by atoms with Gasteiger partial charge < -0.3 is 15.5 Å². The van der Waals surface area contributed by atoms with Gasteiger partial charge in [-0.3, -0.25) is 0 Å². The second kappa shape index (κ2) is 6.10. The number of benzene rings is 1. The number of hydrogen-bond acceptors (Lipinski definition) is 2. The summed E-state index contributed by atoms with van der Waals surface area (Å²) in [7, 11) is 2.18. The summed E-state index contributed by atoms with van der Waals surface area (Å²) in [6.45, 7) is 2.33. The SMILES string of the molecule is CN1CCC(NC(=S)N[C@@H]2C[C@@H]2c2ccccc2)CC1. The van der Waals surface area contributed by atoms with E-state index in [4.69, 9.17) is 12.2 Å². The quantitative estimate of drug-likeness (QED) is 0.833. The molecule has 3 nitrogen and oxygen atoms in total. The smallest absolute Gasteiger partial charge is 0.166 e. The summed E-state index contributed by atoms with van der Waals surface area (Å²) < 4.78 is 0. The highest BCUT2D eigenvalue weighted by atomic mass is 32.1. The average molecular weight is 289 g/mol. The van der Waals surface area contributed by atoms with Gasteiger partial charge in [-0.05, 0) is 57.2 Å². The van der Waals surface area contributed by atoms with Crippen LogP contribution in [0, 0.1) is 0 Å². The third-order valence-electron chi connectivity index (χ3n) is 4.39. The molecule has 1 aromatic rings. The minimum absolute atomic E-state index is 0.517. The molecular formula is C16H23N3S. The Morgan fingerprint density at radius 2 is 1.85 bits per heavy atom. The van der Waals surface area contributed by atoms with Crippen molar-refractivity contribution in [2.75, 3.05) is 20.1 Å². The standard InChI is InChI=1S/C16H23N3S/c1-19-9-7-13(8-10-19)17-16(20)18-15-11-14(15)12-5-3-2-4-6-12/h2-6,13-15H,7-11H2,1H3,(H2,17,18,20)/t14-,15-/m1/s1. The first-order valence-corrected chi connectivity index (χ1v) is 7.94. The van der Waals surface area contributed by atoms with Crippen LogP contribution in [-0.4, -0.2) is 42.2 Å². The van der Waals surface area contributed by atoms with E-state index in [1.54, 1.807) is 0 Å². The van der Waals surface area contributed by atoms with Crippen LogP contribution in [0.1, 0.15) is 30.7 Å². The van der Waals surface area contributed by atoms with Crippen molar-refractivity contribution in [1.29, 1.82) is 0 Å². The molecule has 2 fully saturated rings. The molecule has 2 atom stereocenters. The van der Waals surface area contributed by atoms with Gasteiger partial charge in [0.1, 0.15) is 0 Å².